The normalized spacial score (nSPS) is 30.5. The first-order valence-electron chi connectivity index (χ1n) is 11.8. The van der Waals surface area contributed by atoms with E-state index in [1.165, 1.54) is 38.5 Å². The Bertz CT molecular complexity index is 724. The zero-order valence-corrected chi connectivity index (χ0v) is 18.9. The molecule has 3 aliphatic rings. The lowest BCUT2D eigenvalue weighted by atomic mass is 9.63. The second kappa shape index (κ2) is 10.4. The predicted molar refractivity (Wildman–Crippen MR) is 121 cm³/mol. The standard InChI is InChI=1S/C13H16O3.C12H22N2O/c14-13(15)10-6-8-12(9-7-10)16-11-4-2-1-3-5-11;1-8-3-9-5-10(4-8)7-12(2,6-9)14-11(13)15/h6-9,11H,1-5H2,(H,14,15);8-10H,3-7H2,1-2H3,(H3,13,14,15)/t;8?,9-,10?,12?/m.0/s1. The Kier molecular flexibility index (Phi) is 7.84. The number of carbonyl (C=O) groups is 2. The fourth-order valence-corrected chi connectivity index (χ4v) is 6.04. The van der Waals surface area contributed by atoms with Crippen molar-refractivity contribution < 1.29 is 19.4 Å². The molecule has 0 aliphatic heterocycles. The van der Waals surface area contributed by atoms with Crippen LogP contribution in [0.1, 0.15) is 88.4 Å². The van der Waals surface area contributed by atoms with E-state index in [9.17, 15) is 9.59 Å². The Morgan fingerprint density at radius 1 is 1.03 bits per heavy atom. The number of ether oxygens (including phenoxy) is 1. The van der Waals surface area contributed by atoms with Crippen LogP contribution in [0.5, 0.6) is 5.75 Å². The Balaban J connectivity index is 0.000000176. The molecule has 3 fully saturated rings. The zero-order valence-electron chi connectivity index (χ0n) is 18.9. The minimum atomic E-state index is -0.899. The number of urea groups is 1. The highest BCUT2D eigenvalue weighted by molar-refractivity contribution is 5.87. The number of hydrogen-bond acceptors (Lipinski definition) is 3. The van der Waals surface area contributed by atoms with Crippen molar-refractivity contribution in [2.45, 2.75) is 89.7 Å². The quantitative estimate of drug-likeness (QED) is 0.599. The van der Waals surface area contributed by atoms with Crippen LogP contribution in [-0.4, -0.2) is 28.7 Å². The van der Waals surface area contributed by atoms with Crippen molar-refractivity contribution in [2.24, 2.45) is 23.5 Å². The maximum Gasteiger partial charge on any atom is 0.335 e. The molecule has 0 radical (unpaired) electrons. The Morgan fingerprint density at radius 2 is 1.61 bits per heavy atom. The first kappa shape index (κ1) is 23.4. The van der Waals surface area contributed by atoms with Gasteiger partial charge in [-0.15, -0.1) is 0 Å². The lowest BCUT2D eigenvalue weighted by Gasteiger charge is -2.47. The second-order valence-electron chi connectivity index (χ2n) is 10.2. The molecule has 2 amide bonds. The van der Waals surface area contributed by atoms with Crippen LogP contribution in [0.2, 0.25) is 0 Å². The van der Waals surface area contributed by atoms with Crippen molar-refractivity contribution in [1.82, 2.24) is 5.32 Å². The van der Waals surface area contributed by atoms with E-state index in [0.717, 1.165) is 49.2 Å². The summed E-state index contributed by atoms with van der Waals surface area (Å²) in [6.07, 6.45) is 12.5. The molecule has 1 aromatic rings. The van der Waals surface area contributed by atoms with Crippen molar-refractivity contribution in [1.29, 1.82) is 0 Å². The van der Waals surface area contributed by atoms with E-state index in [4.69, 9.17) is 15.6 Å². The van der Waals surface area contributed by atoms with Gasteiger partial charge in [-0.25, -0.2) is 9.59 Å². The van der Waals surface area contributed by atoms with Crippen LogP contribution in [0.15, 0.2) is 24.3 Å². The highest BCUT2D eigenvalue weighted by Gasteiger charge is 2.41. The highest BCUT2D eigenvalue weighted by atomic mass is 16.5. The van der Waals surface area contributed by atoms with Crippen molar-refractivity contribution in [3.05, 3.63) is 29.8 Å². The Labute approximate surface area is 185 Å². The summed E-state index contributed by atoms with van der Waals surface area (Å²) in [5, 5.41) is 11.7. The summed E-state index contributed by atoms with van der Waals surface area (Å²) >= 11 is 0. The molecule has 0 aromatic heterocycles. The van der Waals surface area contributed by atoms with Gasteiger partial charge in [0, 0.05) is 5.54 Å². The number of fused-ring (bicyclic) bond motifs is 2. The van der Waals surface area contributed by atoms with Crippen LogP contribution in [0, 0.1) is 17.8 Å². The average Bonchev–Trinajstić information content (AvgIpc) is 2.67. The zero-order chi connectivity index (χ0) is 22.4. The van der Waals surface area contributed by atoms with Crippen LogP contribution >= 0.6 is 0 Å². The molecule has 4 N–H and O–H groups in total. The molecular formula is C25H38N2O4. The topological polar surface area (TPSA) is 102 Å². The van der Waals surface area contributed by atoms with Gasteiger partial charge in [-0.2, -0.15) is 0 Å². The molecule has 1 aromatic carbocycles. The van der Waals surface area contributed by atoms with Gasteiger partial charge in [0.1, 0.15) is 5.75 Å². The van der Waals surface area contributed by atoms with Crippen LogP contribution in [0.25, 0.3) is 0 Å². The smallest absolute Gasteiger partial charge is 0.335 e. The molecule has 6 heteroatoms. The molecular weight excluding hydrogens is 392 g/mol. The Morgan fingerprint density at radius 3 is 2.13 bits per heavy atom. The Hall–Kier alpha value is -2.24. The van der Waals surface area contributed by atoms with Crippen LogP contribution < -0.4 is 15.8 Å². The first-order chi connectivity index (χ1) is 14.7. The fourth-order valence-electron chi connectivity index (χ4n) is 6.04. The van der Waals surface area contributed by atoms with Crippen LogP contribution in [0.3, 0.4) is 0 Å². The van der Waals surface area contributed by atoms with E-state index in [0.29, 0.717) is 11.7 Å². The SMILES string of the molecule is CC1CC2C[C@H](C1)CC(C)(NC(N)=O)C2.O=C(O)c1ccc(OC2CCCCC2)cc1. The summed E-state index contributed by atoms with van der Waals surface area (Å²) in [6, 6.07) is 6.27. The number of carboxylic acids is 1. The second-order valence-corrected chi connectivity index (χ2v) is 10.2. The molecule has 0 spiro atoms. The van der Waals surface area contributed by atoms with E-state index in [1.54, 1.807) is 24.3 Å². The van der Waals surface area contributed by atoms with Crippen molar-refractivity contribution >= 4 is 12.0 Å². The van der Waals surface area contributed by atoms with E-state index in [2.05, 4.69) is 19.2 Å². The van der Waals surface area contributed by atoms with Gasteiger partial charge in [0.2, 0.25) is 0 Å². The van der Waals surface area contributed by atoms with Gasteiger partial charge >= 0.3 is 12.0 Å². The molecule has 6 nitrogen and oxygen atoms in total. The lowest BCUT2D eigenvalue weighted by molar-refractivity contribution is 0.0696. The van der Waals surface area contributed by atoms with E-state index < -0.39 is 5.97 Å². The van der Waals surface area contributed by atoms with Crippen molar-refractivity contribution in [3.63, 3.8) is 0 Å². The number of nitrogens with one attached hydrogen (secondary N) is 1. The molecule has 31 heavy (non-hydrogen) atoms. The van der Waals surface area contributed by atoms with E-state index in [-0.39, 0.29) is 11.6 Å². The van der Waals surface area contributed by atoms with E-state index >= 15 is 0 Å². The van der Waals surface area contributed by atoms with Gasteiger partial charge in [-0.3, -0.25) is 0 Å². The number of aromatic carboxylic acids is 1. The summed E-state index contributed by atoms with van der Waals surface area (Å²) in [4.78, 5) is 21.6. The summed E-state index contributed by atoms with van der Waals surface area (Å²) in [7, 11) is 0. The number of benzene rings is 1. The molecule has 3 aliphatic carbocycles. The summed E-state index contributed by atoms with van der Waals surface area (Å²) in [6.45, 7) is 4.50. The van der Waals surface area contributed by atoms with E-state index in [1.807, 2.05) is 0 Å². The van der Waals surface area contributed by atoms with Gasteiger partial charge in [0.05, 0.1) is 11.7 Å². The fraction of sp³-hybridized carbons (Fsp3) is 0.680. The number of carbonyl (C=O) groups excluding carboxylic acids is 1. The molecule has 4 rings (SSSR count). The maximum absolute atomic E-state index is 11.0. The molecule has 2 bridgehead atoms. The molecule has 3 saturated carbocycles. The van der Waals surface area contributed by atoms with Gasteiger partial charge < -0.3 is 20.9 Å². The minimum absolute atomic E-state index is 0.0421. The summed E-state index contributed by atoms with van der Waals surface area (Å²) in [5.41, 5.74) is 5.50. The first-order valence-corrected chi connectivity index (χ1v) is 11.8. The third-order valence-electron chi connectivity index (χ3n) is 7.00. The monoisotopic (exact) mass is 430 g/mol. The highest BCUT2D eigenvalue weighted by Crippen LogP contribution is 2.46. The number of amides is 2. The van der Waals surface area contributed by atoms with Gasteiger partial charge in [0.15, 0.2) is 0 Å². The number of rotatable bonds is 4. The lowest BCUT2D eigenvalue weighted by Crippen LogP contribution is -2.54. The van der Waals surface area contributed by atoms with Crippen molar-refractivity contribution in [3.8, 4) is 5.75 Å². The molecule has 0 saturated heterocycles. The molecule has 4 atom stereocenters. The predicted octanol–water partition coefficient (Wildman–Crippen LogP) is 5.36. The number of hydrogen-bond donors (Lipinski definition) is 3. The minimum Gasteiger partial charge on any atom is -0.490 e. The summed E-state index contributed by atoms with van der Waals surface area (Å²) < 4.78 is 5.80. The summed E-state index contributed by atoms with van der Waals surface area (Å²) in [5.74, 6) is 2.33. The number of carboxylic acid groups (broad SMARTS) is 1. The van der Waals surface area contributed by atoms with Crippen molar-refractivity contribution in [2.75, 3.05) is 0 Å². The maximum atomic E-state index is 11.0. The number of primary amides is 1. The third kappa shape index (κ3) is 7.15. The molecule has 0 heterocycles. The largest absolute Gasteiger partial charge is 0.490 e. The third-order valence-corrected chi connectivity index (χ3v) is 7.00. The van der Waals surface area contributed by atoms with Crippen LogP contribution in [0.4, 0.5) is 4.79 Å². The van der Waals surface area contributed by atoms with Gasteiger partial charge in [-0.05, 0) is 107 Å². The van der Waals surface area contributed by atoms with Crippen LogP contribution in [-0.2, 0) is 0 Å². The van der Waals surface area contributed by atoms with Gasteiger partial charge in [-0.1, -0.05) is 13.3 Å². The van der Waals surface area contributed by atoms with Gasteiger partial charge in [0.25, 0.3) is 0 Å². The average molecular weight is 431 g/mol. The number of nitrogens with two attached hydrogens (primary N) is 1. The molecule has 172 valence electrons. The molecule has 3 unspecified atom stereocenters.